The third kappa shape index (κ3) is 3.81. The lowest BCUT2D eigenvalue weighted by Gasteiger charge is -2.11. The van der Waals surface area contributed by atoms with Gasteiger partial charge in [-0.3, -0.25) is 4.98 Å². The highest BCUT2D eigenvalue weighted by Crippen LogP contribution is 2.16. The SMILES string of the molecule is OC(Cc1cncc(Br)c1)Cc1cccc(F)c1F. The van der Waals surface area contributed by atoms with Crippen LogP contribution in [0.5, 0.6) is 0 Å². The van der Waals surface area contributed by atoms with Crippen LogP contribution in [0.15, 0.2) is 41.1 Å². The van der Waals surface area contributed by atoms with Crippen LogP contribution >= 0.6 is 15.9 Å². The molecule has 0 amide bonds. The predicted molar refractivity (Wildman–Crippen MR) is 71.7 cm³/mol. The molecule has 5 heteroatoms. The number of nitrogens with zero attached hydrogens (tertiary/aromatic N) is 1. The van der Waals surface area contributed by atoms with E-state index >= 15 is 0 Å². The van der Waals surface area contributed by atoms with Gasteiger partial charge in [-0.15, -0.1) is 0 Å². The molecular weight excluding hydrogens is 316 g/mol. The Morgan fingerprint density at radius 1 is 1.21 bits per heavy atom. The first-order chi connectivity index (χ1) is 9.06. The molecule has 0 saturated heterocycles. The highest BCUT2D eigenvalue weighted by molar-refractivity contribution is 9.10. The van der Waals surface area contributed by atoms with Gasteiger partial charge < -0.3 is 5.11 Å². The van der Waals surface area contributed by atoms with Crippen LogP contribution in [0.1, 0.15) is 11.1 Å². The summed E-state index contributed by atoms with van der Waals surface area (Å²) in [6.07, 6.45) is 2.89. The number of benzene rings is 1. The van der Waals surface area contributed by atoms with Crippen LogP contribution in [0, 0.1) is 11.6 Å². The van der Waals surface area contributed by atoms with Gasteiger partial charge in [0.1, 0.15) is 0 Å². The molecule has 0 bridgehead atoms. The number of hydrogen-bond acceptors (Lipinski definition) is 2. The minimum atomic E-state index is -0.895. The molecular formula is C14H12BrF2NO. The molecule has 1 unspecified atom stereocenters. The molecule has 2 aromatic rings. The summed E-state index contributed by atoms with van der Waals surface area (Å²) in [4.78, 5) is 3.98. The van der Waals surface area contributed by atoms with Gasteiger partial charge >= 0.3 is 0 Å². The molecule has 1 N–H and O–H groups in total. The largest absolute Gasteiger partial charge is 0.392 e. The fourth-order valence-electron chi connectivity index (χ4n) is 1.87. The van der Waals surface area contributed by atoms with Crippen LogP contribution in [-0.2, 0) is 12.8 Å². The zero-order valence-corrected chi connectivity index (χ0v) is 11.6. The summed E-state index contributed by atoms with van der Waals surface area (Å²) in [5, 5.41) is 9.93. The molecule has 0 saturated carbocycles. The van der Waals surface area contributed by atoms with Crippen molar-refractivity contribution >= 4 is 15.9 Å². The average Bonchev–Trinajstić information content (AvgIpc) is 2.35. The van der Waals surface area contributed by atoms with Crippen molar-refractivity contribution < 1.29 is 13.9 Å². The number of aromatic nitrogens is 1. The fraction of sp³-hybridized carbons (Fsp3) is 0.214. The number of aliphatic hydroxyl groups excluding tert-OH is 1. The number of hydrogen-bond donors (Lipinski definition) is 1. The first kappa shape index (κ1) is 14.1. The summed E-state index contributed by atoms with van der Waals surface area (Å²) in [5.41, 5.74) is 1.01. The maximum atomic E-state index is 13.5. The molecule has 1 aromatic carbocycles. The summed E-state index contributed by atoms with van der Waals surface area (Å²) in [5.74, 6) is -1.79. The van der Waals surface area contributed by atoms with E-state index in [2.05, 4.69) is 20.9 Å². The summed E-state index contributed by atoms with van der Waals surface area (Å²) in [6.45, 7) is 0. The smallest absolute Gasteiger partial charge is 0.162 e. The van der Waals surface area contributed by atoms with Gasteiger partial charge in [-0.2, -0.15) is 0 Å². The molecule has 2 rings (SSSR count). The molecule has 2 nitrogen and oxygen atoms in total. The van der Waals surface area contributed by atoms with E-state index in [-0.39, 0.29) is 12.0 Å². The van der Waals surface area contributed by atoms with Crippen LogP contribution < -0.4 is 0 Å². The Kier molecular flexibility index (Phi) is 4.61. The van der Waals surface area contributed by atoms with Gasteiger partial charge in [0.25, 0.3) is 0 Å². The van der Waals surface area contributed by atoms with Crippen LogP contribution in [0.2, 0.25) is 0 Å². The Morgan fingerprint density at radius 2 is 2.00 bits per heavy atom. The zero-order valence-electron chi connectivity index (χ0n) is 9.98. The Morgan fingerprint density at radius 3 is 2.74 bits per heavy atom. The van der Waals surface area contributed by atoms with Crippen LogP contribution in [0.25, 0.3) is 0 Å². The first-order valence-electron chi connectivity index (χ1n) is 5.76. The second-order valence-corrected chi connectivity index (χ2v) is 5.20. The van der Waals surface area contributed by atoms with Gasteiger partial charge in [-0.25, -0.2) is 8.78 Å². The van der Waals surface area contributed by atoms with E-state index < -0.39 is 17.7 Å². The molecule has 0 spiro atoms. The molecule has 0 fully saturated rings. The second kappa shape index (κ2) is 6.21. The standard InChI is InChI=1S/C14H12BrF2NO/c15-11-4-9(7-18-8-11)5-12(19)6-10-2-1-3-13(16)14(10)17/h1-4,7-8,12,19H,5-6H2. The molecule has 0 aliphatic rings. The molecule has 1 aromatic heterocycles. The third-order valence-electron chi connectivity index (χ3n) is 2.72. The Bertz CT molecular complexity index is 577. The van der Waals surface area contributed by atoms with Crippen molar-refractivity contribution in [3.8, 4) is 0 Å². The summed E-state index contributed by atoms with van der Waals surface area (Å²) in [6, 6.07) is 5.80. The van der Waals surface area contributed by atoms with E-state index in [1.807, 2.05) is 6.07 Å². The Balaban J connectivity index is 2.05. The van der Waals surface area contributed by atoms with Gasteiger partial charge in [0, 0.05) is 29.7 Å². The van der Waals surface area contributed by atoms with Crippen LogP contribution in [0.3, 0.4) is 0 Å². The maximum Gasteiger partial charge on any atom is 0.162 e. The first-order valence-corrected chi connectivity index (χ1v) is 6.56. The highest BCUT2D eigenvalue weighted by Gasteiger charge is 2.13. The summed E-state index contributed by atoms with van der Waals surface area (Å²) in [7, 11) is 0. The number of pyridine rings is 1. The van der Waals surface area contributed by atoms with Crippen molar-refractivity contribution in [1.82, 2.24) is 4.98 Å². The molecule has 1 heterocycles. The Labute approximate surface area is 118 Å². The Hall–Kier alpha value is -1.33. The van der Waals surface area contributed by atoms with Gasteiger partial charge in [0.05, 0.1) is 6.10 Å². The van der Waals surface area contributed by atoms with Gasteiger partial charge in [-0.05, 0) is 39.2 Å². The van der Waals surface area contributed by atoms with Crippen molar-refractivity contribution in [1.29, 1.82) is 0 Å². The van der Waals surface area contributed by atoms with Crippen LogP contribution in [-0.4, -0.2) is 16.2 Å². The number of halogens is 3. The quantitative estimate of drug-likeness (QED) is 0.934. The van der Waals surface area contributed by atoms with Crippen molar-refractivity contribution in [3.63, 3.8) is 0 Å². The minimum Gasteiger partial charge on any atom is -0.392 e. The van der Waals surface area contributed by atoms with Crippen LogP contribution in [0.4, 0.5) is 8.78 Å². The van der Waals surface area contributed by atoms with Crippen molar-refractivity contribution in [3.05, 3.63) is 63.9 Å². The fourth-order valence-corrected chi connectivity index (χ4v) is 2.28. The molecule has 0 aliphatic heterocycles. The van der Waals surface area contributed by atoms with E-state index in [9.17, 15) is 13.9 Å². The lowest BCUT2D eigenvalue weighted by Crippen LogP contribution is -2.15. The minimum absolute atomic E-state index is 0.0656. The van der Waals surface area contributed by atoms with Gasteiger partial charge in [-0.1, -0.05) is 12.1 Å². The van der Waals surface area contributed by atoms with Crippen molar-refractivity contribution in [2.75, 3.05) is 0 Å². The molecule has 0 aliphatic carbocycles. The maximum absolute atomic E-state index is 13.5. The zero-order chi connectivity index (χ0) is 13.8. The monoisotopic (exact) mass is 327 g/mol. The van der Waals surface area contributed by atoms with Crippen molar-refractivity contribution in [2.45, 2.75) is 18.9 Å². The number of aliphatic hydroxyl groups is 1. The molecule has 1 atom stereocenters. The third-order valence-corrected chi connectivity index (χ3v) is 3.15. The molecule has 100 valence electrons. The second-order valence-electron chi connectivity index (χ2n) is 4.29. The van der Waals surface area contributed by atoms with Gasteiger partial charge in [0.2, 0.25) is 0 Å². The summed E-state index contributed by atoms with van der Waals surface area (Å²) >= 11 is 3.29. The van der Waals surface area contributed by atoms with E-state index in [1.165, 1.54) is 12.1 Å². The lowest BCUT2D eigenvalue weighted by molar-refractivity contribution is 0.173. The van der Waals surface area contributed by atoms with E-state index in [0.29, 0.717) is 6.42 Å². The van der Waals surface area contributed by atoms with E-state index in [4.69, 9.17) is 0 Å². The molecule has 0 radical (unpaired) electrons. The van der Waals surface area contributed by atoms with Gasteiger partial charge in [0.15, 0.2) is 11.6 Å². The average molecular weight is 328 g/mol. The molecule has 19 heavy (non-hydrogen) atoms. The van der Waals surface area contributed by atoms with E-state index in [1.54, 1.807) is 12.4 Å². The number of rotatable bonds is 4. The summed E-state index contributed by atoms with van der Waals surface area (Å²) < 4.78 is 27.3. The normalized spacial score (nSPS) is 12.4. The predicted octanol–water partition coefficient (Wildman–Crippen LogP) is 3.27. The topological polar surface area (TPSA) is 33.1 Å². The lowest BCUT2D eigenvalue weighted by atomic mass is 10.0. The highest BCUT2D eigenvalue weighted by atomic mass is 79.9. The van der Waals surface area contributed by atoms with E-state index in [0.717, 1.165) is 16.1 Å². The van der Waals surface area contributed by atoms with Crippen molar-refractivity contribution in [2.24, 2.45) is 0 Å².